The first-order chi connectivity index (χ1) is 7.49. The van der Waals surface area contributed by atoms with Gasteiger partial charge in [0.25, 0.3) is 0 Å². The summed E-state index contributed by atoms with van der Waals surface area (Å²) >= 11 is 0. The number of hydrogen-bond acceptors (Lipinski definition) is 4. The van der Waals surface area contributed by atoms with Crippen LogP contribution in [0, 0.1) is 5.92 Å². The lowest BCUT2D eigenvalue weighted by molar-refractivity contribution is -0.146. The van der Waals surface area contributed by atoms with Gasteiger partial charge in [-0.1, -0.05) is 20.8 Å². The minimum atomic E-state index is -0.118. The Labute approximate surface area is 98.3 Å². The Morgan fingerprint density at radius 2 is 1.50 bits per heavy atom. The molecule has 4 heteroatoms. The van der Waals surface area contributed by atoms with Gasteiger partial charge in [0.2, 0.25) is 0 Å². The second-order valence-corrected chi connectivity index (χ2v) is 3.46. The van der Waals surface area contributed by atoms with Crippen LogP contribution in [0.15, 0.2) is 0 Å². The minimum Gasteiger partial charge on any atom is -0.466 e. The molecule has 0 aliphatic rings. The van der Waals surface area contributed by atoms with E-state index in [2.05, 4.69) is 9.47 Å². The lowest BCUT2D eigenvalue weighted by Gasteiger charge is -2.01. The number of rotatable bonds is 5. The van der Waals surface area contributed by atoms with E-state index in [9.17, 15) is 9.59 Å². The van der Waals surface area contributed by atoms with Crippen LogP contribution in [0.2, 0.25) is 0 Å². The molecular formula is C12H24O4. The summed E-state index contributed by atoms with van der Waals surface area (Å²) in [7, 11) is 0. The van der Waals surface area contributed by atoms with E-state index in [1.54, 1.807) is 6.92 Å². The van der Waals surface area contributed by atoms with Crippen molar-refractivity contribution in [2.45, 2.75) is 47.5 Å². The molecular weight excluding hydrogens is 208 g/mol. The molecule has 96 valence electrons. The molecule has 0 fully saturated rings. The number of hydrogen-bond donors (Lipinski definition) is 0. The summed E-state index contributed by atoms with van der Waals surface area (Å²) in [6.07, 6.45) is 1.42. The second kappa shape index (κ2) is 12.0. The van der Waals surface area contributed by atoms with Gasteiger partial charge in [0, 0.05) is 6.42 Å². The van der Waals surface area contributed by atoms with Gasteiger partial charge in [-0.25, -0.2) is 0 Å². The van der Waals surface area contributed by atoms with E-state index >= 15 is 0 Å². The highest BCUT2D eigenvalue weighted by atomic mass is 16.5. The topological polar surface area (TPSA) is 52.6 Å². The third-order valence-corrected chi connectivity index (χ3v) is 1.52. The predicted octanol–water partition coefficient (Wildman–Crippen LogP) is 2.56. The third kappa shape index (κ3) is 12.9. The summed E-state index contributed by atoms with van der Waals surface area (Å²) in [5.74, 6) is -0.197. The molecule has 0 saturated heterocycles. The van der Waals surface area contributed by atoms with E-state index in [0.29, 0.717) is 19.6 Å². The van der Waals surface area contributed by atoms with E-state index in [-0.39, 0.29) is 17.9 Å². The van der Waals surface area contributed by atoms with Crippen molar-refractivity contribution >= 4 is 11.9 Å². The predicted molar refractivity (Wildman–Crippen MR) is 63.0 cm³/mol. The van der Waals surface area contributed by atoms with Gasteiger partial charge in [0.15, 0.2) is 0 Å². The van der Waals surface area contributed by atoms with Crippen LogP contribution < -0.4 is 0 Å². The van der Waals surface area contributed by atoms with Gasteiger partial charge in [-0.2, -0.15) is 0 Å². The Balaban J connectivity index is 0. The second-order valence-electron chi connectivity index (χ2n) is 3.46. The van der Waals surface area contributed by atoms with Crippen LogP contribution in [0.3, 0.4) is 0 Å². The molecule has 0 aliphatic carbocycles. The van der Waals surface area contributed by atoms with Gasteiger partial charge in [0.1, 0.15) is 0 Å². The van der Waals surface area contributed by atoms with Crippen molar-refractivity contribution in [2.75, 3.05) is 13.2 Å². The van der Waals surface area contributed by atoms with Crippen molar-refractivity contribution in [2.24, 2.45) is 5.92 Å². The zero-order chi connectivity index (χ0) is 13.0. The maximum Gasteiger partial charge on any atom is 0.308 e. The van der Waals surface area contributed by atoms with Crippen LogP contribution in [0.25, 0.3) is 0 Å². The highest BCUT2D eigenvalue weighted by molar-refractivity contribution is 5.71. The highest BCUT2D eigenvalue weighted by Crippen LogP contribution is 1.93. The van der Waals surface area contributed by atoms with E-state index < -0.39 is 0 Å². The first-order valence-corrected chi connectivity index (χ1v) is 5.81. The van der Waals surface area contributed by atoms with Gasteiger partial charge >= 0.3 is 11.9 Å². The fourth-order valence-electron chi connectivity index (χ4n) is 0.746. The Morgan fingerprint density at radius 1 is 1.00 bits per heavy atom. The number of ether oxygens (including phenoxy) is 2. The highest BCUT2D eigenvalue weighted by Gasteiger charge is 2.04. The van der Waals surface area contributed by atoms with Crippen molar-refractivity contribution in [3.63, 3.8) is 0 Å². The van der Waals surface area contributed by atoms with E-state index in [4.69, 9.17) is 0 Å². The standard InChI is InChI=1S/2C6H12O2/c1-4-8-6(7)5(2)3;1-3-5-6(7)8-4-2/h5H,4H2,1-3H3;3-5H2,1-2H3. The molecule has 0 atom stereocenters. The first kappa shape index (κ1) is 17.3. The molecule has 0 aromatic carbocycles. The molecule has 0 bridgehead atoms. The van der Waals surface area contributed by atoms with Crippen LogP contribution >= 0.6 is 0 Å². The summed E-state index contributed by atoms with van der Waals surface area (Å²) in [6.45, 7) is 10.2. The number of carbonyl (C=O) groups excluding carboxylic acids is 2. The summed E-state index contributed by atoms with van der Waals surface area (Å²) in [4.78, 5) is 20.9. The molecule has 0 amide bonds. The zero-order valence-corrected chi connectivity index (χ0v) is 11.0. The normalized spacial score (nSPS) is 9.12. The van der Waals surface area contributed by atoms with Crippen LogP contribution in [-0.4, -0.2) is 25.2 Å². The van der Waals surface area contributed by atoms with Crippen LogP contribution in [0.5, 0.6) is 0 Å². The molecule has 0 spiro atoms. The van der Waals surface area contributed by atoms with Crippen molar-refractivity contribution in [1.82, 2.24) is 0 Å². The lowest BCUT2D eigenvalue weighted by Crippen LogP contribution is -2.10. The van der Waals surface area contributed by atoms with Gasteiger partial charge < -0.3 is 9.47 Å². The molecule has 0 heterocycles. The molecule has 16 heavy (non-hydrogen) atoms. The lowest BCUT2D eigenvalue weighted by atomic mass is 10.2. The van der Waals surface area contributed by atoms with E-state index in [0.717, 1.165) is 6.42 Å². The summed E-state index contributed by atoms with van der Waals surface area (Å²) < 4.78 is 9.31. The van der Waals surface area contributed by atoms with Crippen molar-refractivity contribution in [3.05, 3.63) is 0 Å². The fourth-order valence-corrected chi connectivity index (χ4v) is 0.746. The average molecular weight is 232 g/mol. The van der Waals surface area contributed by atoms with Gasteiger partial charge in [-0.3, -0.25) is 9.59 Å². The van der Waals surface area contributed by atoms with Crippen molar-refractivity contribution in [3.8, 4) is 0 Å². The molecule has 0 aromatic heterocycles. The largest absolute Gasteiger partial charge is 0.466 e. The molecule has 0 aromatic rings. The van der Waals surface area contributed by atoms with E-state index in [1.807, 2.05) is 27.7 Å². The van der Waals surface area contributed by atoms with Gasteiger partial charge in [-0.05, 0) is 20.3 Å². The Bertz CT molecular complexity index is 179. The average Bonchev–Trinajstić information content (AvgIpc) is 2.19. The molecule has 0 saturated carbocycles. The quantitative estimate of drug-likeness (QED) is 0.683. The molecule has 0 unspecified atom stereocenters. The summed E-state index contributed by atoms with van der Waals surface area (Å²) in [5, 5.41) is 0. The van der Waals surface area contributed by atoms with Crippen LogP contribution in [-0.2, 0) is 19.1 Å². The van der Waals surface area contributed by atoms with Crippen molar-refractivity contribution < 1.29 is 19.1 Å². The minimum absolute atomic E-state index is 0.00921. The first-order valence-electron chi connectivity index (χ1n) is 5.81. The Hall–Kier alpha value is -1.06. The Kier molecular flexibility index (Phi) is 13.0. The number of carbonyl (C=O) groups is 2. The monoisotopic (exact) mass is 232 g/mol. The zero-order valence-electron chi connectivity index (χ0n) is 11.0. The molecule has 0 aliphatic heterocycles. The number of esters is 2. The Morgan fingerprint density at radius 3 is 1.75 bits per heavy atom. The maximum atomic E-state index is 10.5. The smallest absolute Gasteiger partial charge is 0.308 e. The van der Waals surface area contributed by atoms with Crippen LogP contribution in [0.4, 0.5) is 0 Å². The van der Waals surface area contributed by atoms with Gasteiger partial charge in [0.05, 0.1) is 19.1 Å². The molecule has 0 rings (SSSR count). The maximum absolute atomic E-state index is 10.5. The van der Waals surface area contributed by atoms with Gasteiger partial charge in [-0.15, -0.1) is 0 Å². The third-order valence-electron chi connectivity index (χ3n) is 1.52. The SMILES string of the molecule is CCCC(=O)OCC.CCOC(=O)C(C)C. The fraction of sp³-hybridized carbons (Fsp3) is 0.833. The molecule has 0 radical (unpaired) electrons. The summed E-state index contributed by atoms with van der Waals surface area (Å²) in [6, 6.07) is 0. The molecule has 0 N–H and O–H groups in total. The summed E-state index contributed by atoms with van der Waals surface area (Å²) in [5.41, 5.74) is 0. The van der Waals surface area contributed by atoms with Crippen molar-refractivity contribution in [1.29, 1.82) is 0 Å². The van der Waals surface area contributed by atoms with Crippen LogP contribution in [0.1, 0.15) is 47.5 Å². The van der Waals surface area contributed by atoms with E-state index in [1.165, 1.54) is 0 Å². The molecule has 4 nitrogen and oxygen atoms in total.